The van der Waals surface area contributed by atoms with Gasteiger partial charge in [0, 0.05) is 5.69 Å². The molecule has 0 aliphatic rings. The summed E-state index contributed by atoms with van der Waals surface area (Å²) in [5, 5.41) is 11.7. The van der Waals surface area contributed by atoms with E-state index in [1.807, 2.05) is 24.3 Å². The quantitative estimate of drug-likeness (QED) is 0.846. The summed E-state index contributed by atoms with van der Waals surface area (Å²) in [4.78, 5) is 24.2. The molecule has 0 fully saturated rings. The Bertz CT molecular complexity index is 492. The average molecular weight is 315 g/mol. The first kappa shape index (κ1) is 19.4. The van der Waals surface area contributed by atoms with Gasteiger partial charge in [-0.25, -0.2) is 0 Å². The molecule has 6 heteroatoms. The van der Waals surface area contributed by atoms with Crippen molar-refractivity contribution in [2.75, 3.05) is 18.9 Å². The van der Waals surface area contributed by atoms with Gasteiger partial charge in [0.1, 0.15) is 6.04 Å². The smallest absolute Gasteiger partial charge is 0.320 e. The predicted molar refractivity (Wildman–Crippen MR) is 86.1 cm³/mol. The van der Waals surface area contributed by atoms with Crippen LogP contribution in [0.2, 0.25) is 0 Å². The van der Waals surface area contributed by atoms with Gasteiger partial charge in [-0.3, -0.25) is 14.5 Å². The molecule has 0 saturated carbocycles. The fourth-order valence-electron chi connectivity index (χ4n) is 1.73. The number of carboxylic acids is 1. The van der Waals surface area contributed by atoms with E-state index in [4.69, 9.17) is 5.11 Å². The Morgan fingerprint density at radius 2 is 1.90 bits per heavy atom. The highest BCUT2D eigenvalue weighted by molar-refractivity contribution is 5.92. The molecule has 1 amide bonds. The number of halogens is 1. The van der Waals surface area contributed by atoms with Crippen molar-refractivity contribution in [3.63, 3.8) is 0 Å². The first-order chi connectivity index (χ1) is 9.31. The molecule has 1 aromatic rings. The number of carboxylic acid groups (broad SMARTS) is 1. The van der Waals surface area contributed by atoms with Crippen LogP contribution in [0, 0.1) is 0 Å². The van der Waals surface area contributed by atoms with Crippen LogP contribution in [0.25, 0.3) is 0 Å². The zero-order valence-corrected chi connectivity index (χ0v) is 13.6. The van der Waals surface area contributed by atoms with E-state index in [0.717, 1.165) is 11.3 Å². The third-order valence-electron chi connectivity index (χ3n) is 3.25. The summed E-state index contributed by atoms with van der Waals surface area (Å²) in [5.74, 6) is -0.773. The molecule has 1 aromatic carbocycles. The molecule has 1 rings (SSSR count). The largest absolute Gasteiger partial charge is 0.480 e. The molecule has 0 bridgehead atoms. The summed E-state index contributed by atoms with van der Waals surface area (Å²) >= 11 is 0. The molecule has 5 nitrogen and oxygen atoms in total. The summed E-state index contributed by atoms with van der Waals surface area (Å²) in [6.07, 6.45) is 0. The topological polar surface area (TPSA) is 69.6 Å². The summed E-state index contributed by atoms with van der Waals surface area (Å²) in [6, 6.07) is 6.98. The van der Waals surface area contributed by atoms with E-state index < -0.39 is 12.0 Å². The number of likely N-dealkylation sites (N-methyl/N-ethyl adjacent to an activating group) is 1. The number of nitrogens with zero attached hydrogens (tertiary/aromatic N) is 1. The molecule has 0 aliphatic carbocycles. The molecule has 0 radical (unpaired) electrons. The number of hydrogen-bond donors (Lipinski definition) is 2. The van der Waals surface area contributed by atoms with Gasteiger partial charge in [-0.05, 0) is 37.6 Å². The third kappa shape index (κ3) is 6.14. The van der Waals surface area contributed by atoms with Gasteiger partial charge in [0.25, 0.3) is 0 Å². The van der Waals surface area contributed by atoms with E-state index in [9.17, 15) is 9.59 Å². The van der Waals surface area contributed by atoms with E-state index in [1.165, 1.54) is 4.90 Å². The van der Waals surface area contributed by atoms with Crippen molar-refractivity contribution in [3.8, 4) is 0 Å². The van der Waals surface area contributed by atoms with E-state index in [0.29, 0.717) is 5.92 Å². The Balaban J connectivity index is 0.00000400. The van der Waals surface area contributed by atoms with Gasteiger partial charge in [-0.2, -0.15) is 0 Å². The molecule has 118 valence electrons. The fourth-order valence-corrected chi connectivity index (χ4v) is 1.73. The Labute approximate surface area is 131 Å². The van der Waals surface area contributed by atoms with Crippen LogP contribution in [0.5, 0.6) is 0 Å². The summed E-state index contributed by atoms with van der Waals surface area (Å²) in [7, 11) is 1.61. The van der Waals surface area contributed by atoms with Gasteiger partial charge in [-0.1, -0.05) is 26.0 Å². The predicted octanol–water partition coefficient (Wildman–Crippen LogP) is 2.58. The van der Waals surface area contributed by atoms with Crippen LogP contribution < -0.4 is 5.32 Å². The van der Waals surface area contributed by atoms with Crippen LogP contribution in [0.1, 0.15) is 32.3 Å². The van der Waals surface area contributed by atoms with Crippen molar-refractivity contribution in [2.24, 2.45) is 0 Å². The lowest BCUT2D eigenvalue weighted by atomic mass is 10.0. The highest BCUT2D eigenvalue weighted by Gasteiger charge is 2.19. The lowest BCUT2D eigenvalue weighted by Crippen LogP contribution is -2.40. The second-order valence-electron chi connectivity index (χ2n) is 5.26. The lowest BCUT2D eigenvalue weighted by molar-refractivity contribution is -0.142. The second kappa shape index (κ2) is 8.64. The highest BCUT2D eigenvalue weighted by atomic mass is 35.5. The van der Waals surface area contributed by atoms with E-state index in [2.05, 4.69) is 19.2 Å². The van der Waals surface area contributed by atoms with Crippen LogP contribution in [0.3, 0.4) is 0 Å². The van der Waals surface area contributed by atoms with Gasteiger partial charge in [0.2, 0.25) is 5.91 Å². The normalized spacial score (nSPS) is 11.9. The maximum atomic E-state index is 11.9. The first-order valence-electron chi connectivity index (χ1n) is 6.64. The van der Waals surface area contributed by atoms with Crippen LogP contribution in [-0.2, 0) is 9.59 Å². The Kier molecular flexibility index (Phi) is 7.99. The maximum absolute atomic E-state index is 11.9. The number of rotatable bonds is 6. The lowest BCUT2D eigenvalue weighted by Gasteiger charge is -2.20. The molecular formula is C15H23ClN2O3. The van der Waals surface area contributed by atoms with E-state index in [-0.39, 0.29) is 24.9 Å². The molecule has 0 aliphatic heterocycles. The minimum Gasteiger partial charge on any atom is -0.480 e. The maximum Gasteiger partial charge on any atom is 0.320 e. The van der Waals surface area contributed by atoms with Gasteiger partial charge >= 0.3 is 5.97 Å². The number of hydrogen-bond acceptors (Lipinski definition) is 3. The van der Waals surface area contributed by atoms with Crippen molar-refractivity contribution in [1.29, 1.82) is 0 Å². The zero-order chi connectivity index (χ0) is 15.3. The Morgan fingerprint density at radius 1 is 1.29 bits per heavy atom. The van der Waals surface area contributed by atoms with Crippen LogP contribution in [-0.4, -0.2) is 41.5 Å². The number of amides is 1. The van der Waals surface area contributed by atoms with E-state index in [1.54, 1.807) is 14.0 Å². The highest BCUT2D eigenvalue weighted by Crippen LogP contribution is 2.18. The standard InChI is InChI=1S/C15H22N2O3.ClH/c1-10(2)12-6-5-7-13(8-12)16-14(18)9-17(4)11(3)15(19)20;/h5-8,10-11H,9H2,1-4H3,(H,16,18)(H,19,20);1H. The number of aliphatic carboxylic acids is 1. The van der Waals surface area contributed by atoms with Crippen molar-refractivity contribution >= 4 is 30.0 Å². The van der Waals surface area contributed by atoms with Crippen molar-refractivity contribution < 1.29 is 14.7 Å². The van der Waals surface area contributed by atoms with Crippen LogP contribution >= 0.6 is 12.4 Å². The molecule has 0 aromatic heterocycles. The molecule has 0 saturated heterocycles. The zero-order valence-electron chi connectivity index (χ0n) is 12.8. The van der Waals surface area contributed by atoms with Crippen molar-refractivity contribution in [3.05, 3.63) is 29.8 Å². The molecule has 2 N–H and O–H groups in total. The summed E-state index contributed by atoms with van der Waals surface area (Å²) in [6.45, 7) is 5.76. The number of carbonyl (C=O) groups is 2. The summed E-state index contributed by atoms with van der Waals surface area (Å²) in [5.41, 5.74) is 1.88. The van der Waals surface area contributed by atoms with Crippen molar-refractivity contribution in [1.82, 2.24) is 4.90 Å². The minimum absolute atomic E-state index is 0. The number of carbonyl (C=O) groups excluding carboxylic acids is 1. The minimum atomic E-state index is -0.942. The molecule has 1 atom stereocenters. The molecule has 0 heterocycles. The number of benzene rings is 1. The average Bonchev–Trinajstić information content (AvgIpc) is 2.37. The van der Waals surface area contributed by atoms with Gasteiger partial charge in [-0.15, -0.1) is 12.4 Å². The number of nitrogens with one attached hydrogen (secondary N) is 1. The van der Waals surface area contributed by atoms with E-state index >= 15 is 0 Å². The third-order valence-corrected chi connectivity index (χ3v) is 3.25. The Morgan fingerprint density at radius 3 is 2.43 bits per heavy atom. The molecule has 0 spiro atoms. The first-order valence-corrected chi connectivity index (χ1v) is 6.64. The van der Waals surface area contributed by atoms with Gasteiger partial charge < -0.3 is 10.4 Å². The van der Waals surface area contributed by atoms with Gasteiger partial charge in [0.05, 0.1) is 6.54 Å². The number of anilines is 1. The van der Waals surface area contributed by atoms with Crippen LogP contribution in [0.4, 0.5) is 5.69 Å². The van der Waals surface area contributed by atoms with Crippen LogP contribution in [0.15, 0.2) is 24.3 Å². The van der Waals surface area contributed by atoms with Crippen molar-refractivity contribution in [2.45, 2.75) is 32.7 Å². The fraction of sp³-hybridized carbons (Fsp3) is 0.467. The summed E-state index contributed by atoms with van der Waals surface area (Å²) < 4.78 is 0. The molecule has 1 unspecified atom stereocenters. The molecular weight excluding hydrogens is 292 g/mol. The Hall–Kier alpha value is -1.59. The van der Waals surface area contributed by atoms with Gasteiger partial charge in [0.15, 0.2) is 0 Å². The molecule has 21 heavy (non-hydrogen) atoms. The monoisotopic (exact) mass is 314 g/mol. The second-order valence-corrected chi connectivity index (χ2v) is 5.26. The SMILES string of the molecule is CC(C)c1cccc(NC(=O)CN(C)C(C)C(=O)O)c1.Cl.